The number of aryl methyl sites for hydroxylation is 1. The molecule has 2 rings (SSSR count). The Morgan fingerprint density at radius 3 is 2.17 bits per heavy atom. The van der Waals surface area contributed by atoms with Gasteiger partial charge in [-0.05, 0) is 12.5 Å². The fraction of sp³-hybridized carbons (Fsp3) is 0.167. The number of nitrogens with zero attached hydrogens (tertiary/aromatic N) is 2. The molecule has 0 bridgehead atoms. The lowest BCUT2D eigenvalue weighted by Crippen LogP contribution is -2.12. The second-order valence-corrected chi connectivity index (χ2v) is 4.02. The molecule has 0 aliphatic heterocycles. The van der Waals surface area contributed by atoms with Gasteiger partial charge in [-0.1, -0.05) is 41.9 Å². The highest BCUT2D eigenvalue weighted by Crippen LogP contribution is 2.33. The van der Waals surface area contributed by atoms with Gasteiger partial charge in [0.15, 0.2) is 0 Å². The predicted octanol–water partition coefficient (Wildman–Crippen LogP) is 4.12. The van der Waals surface area contributed by atoms with Crippen LogP contribution >= 0.6 is 11.6 Å². The molecular formula is C12H8ClF3N2. The van der Waals surface area contributed by atoms with E-state index in [9.17, 15) is 13.2 Å². The van der Waals surface area contributed by atoms with Crippen molar-refractivity contribution in [3.8, 4) is 11.1 Å². The summed E-state index contributed by atoms with van der Waals surface area (Å²) in [5.74, 6) is -1.22. The second kappa shape index (κ2) is 4.57. The zero-order chi connectivity index (χ0) is 13.3. The summed E-state index contributed by atoms with van der Waals surface area (Å²) in [4.78, 5) is 6.77. The normalized spacial score (nSPS) is 11.6. The van der Waals surface area contributed by atoms with E-state index in [4.69, 9.17) is 11.6 Å². The van der Waals surface area contributed by atoms with Gasteiger partial charge in [0.05, 0.1) is 5.69 Å². The molecule has 2 nitrogen and oxygen atoms in total. The van der Waals surface area contributed by atoms with Gasteiger partial charge in [0.25, 0.3) is 0 Å². The monoisotopic (exact) mass is 272 g/mol. The Morgan fingerprint density at radius 2 is 1.67 bits per heavy atom. The molecule has 2 aromatic rings. The summed E-state index contributed by atoms with van der Waals surface area (Å²) >= 11 is 5.82. The molecule has 1 aromatic carbocycles. The first-order valence-electron chi connectivity index (χ1n) is 5.06. The van der Waals surface area contributed by atoms with E-state index in [1.807, 2.05) is 0 Å². The van der Waals surface area contributed by atoms with Gasteiger partial charge < -0.3 is 0 Å². The highest BCUT2D eigenvalue weighted by Gasteiger charge is 2.35. The molecular weight excluding hydrogens is 265 g/mol. The van der Waals surface area contributed by atoms with Crippen LogP contribution in [-0.2, 0) is 6.18 Å². The molecule has 1 aromatic heterocycles. The average Bonchev–Trinajstić information content (AvgIpc) is 2.28. The SMILES string of the molecule is Cc1nc(C(F)(F)F)nc(Cl)c1-c1ccccc1. The van der Waals surface area contributed by atoms with Crippen molar-refractivity contribution in [3.05, 3.63) is 47.0 Å². The summed E-state index contributed by atoms with van der Waals surface area (Å²) in [6.45, 7) is 1.48. The minimum absolute atomic E-state index is 0.193. The highest BCUT2D eigenvalue weighted by atomic mass is 35.5. The van der Waals surface area contributed by atoms with E-state index in [-0.39, 0.29) is 10.8 Å². The third-order valence-corrected chi connectivity index (χ3v) is 2.64. The number of alkyl halides is 3. The Hall–Kier alpha value is -1.62. The van der Waals surface area contributed by atoms with Crippen molar-refractivity contribution >= 4 is 11.6 Å². The molecule has 0 fully saturated rings. The number of benzene rings is 1. The Bertz CT molecular complexity index is 544. The lowest BCUT2D eigenvalue weighted by atomic mass is 10.1. The number of hydrogen-bond donors (Lipinski definition) is 0. The maximum Gasteiger partial charge on any atom is 0.451 e. The fourth-order valence-electron chi connectivity index (χ4n) is 1.60. The van der Waals surface area contributed by atoms with Crippen molar-refractivity contribution in [1.82, 2.24) is 9.97 Å². The van der Waals surface area contributed by atoms with Crippen LogP contribution in [0.3, 0.4) is 0 Å². The van der Waals surface area contributed by atoms with Crippen LogP contribution in [0.15, 0.2) is 30.3 Å². The van der Waals surface area contributed by atoms with Crippen molar-refractivity contribution in [1.29, 1.82) is 0 Å². The molecule has 94 valence electrons. The molecule has 0 unspecified atom stereocenters. The first-order valence-corrected chi connectivity index (χ1v) is 5.44. The van der Waals surface area contributed by atoms with E-state index < -0.39 is 12.0 Å². The minimum Gasteiger partial charge on any atom is -0.229 e. The molecule has 0 saturated carbocycles. The third kappa shape index (κ3) is 2.46. The van der Waals surface area contributed by atoms with Crippen molar-refractivity contribution in [2.24, 2.45) is 0 Å². The van der Waals surface area contributed by atoms with Crippen LogP contribution in [-0.4, -0.2) is 9.97 Å². The zero-order valence-corrected chi connectivity index (χ0v) is 10.0. The lowest BCUT2D eigenvalue weighted by Gasteiger charge is -2.11. The molecule has 0 saturated heterocycles. The summed E-state index contributed by atoms with van der Waals surface area (Å²) in [5.41, 5.74) is 1.31. The smallest absolute Gasteiger partial charge is 0.229 e. The maximum absolute atomic E-state index is 12.5. The molecule has 0 spiro atoms. The summed E-state index contributed by atoms with van der Waals surface area (Å²) in [5, 5.41) is -0.193. The van der Waals surface area contributed by atoms with Crippen LogP contribution in [0.4, 0.5) is 13.2 Å². The first kappa shape index (κ1) is 12.8. The van der Waals surface area contributed by atoms with Crippen LogP contribution in [0.2, 0.25) is 5.15 Å². The van der Waals surface area contributed by atoms with Crippen molar-refractivity contribution < 1.29 is 13.2 Å². The van der Waals surface area contributed by atoms with Gasteiger partial charge >= 0.3 is 6.18 Å². The largest absolute Gasteiger partial charge is 0.451 e. The van der Waals surface area contributed by atoms with Gasteiger partial charge in [-0.25, -0.2) is 9.97 Å². The number of halogens is 4. The Morgan fingerprint density at radius 1 is 1.06 bits per heavy atom. The fourth-order valence-corrected chi connectivity index (χ4v) is 1.92. The van der Waals surface area contributed by atoms with Gasteiger partial charge in [-0.2, -0.15) is 13.2 Å². The van der Waals surface area contributed by atoms with Crippen LogP contribution in [0.25, 0.3) is 11.1 Å². The summed E-state index contributed by atoms with van der Waals surface area (Å²) < 4.78 is 37.5. The molecule has 0 amide bonds. The van der Waals surface area contributed by atoms with Crippen molar-refractivity contribution in [2.75, 3.05) is 0 Å². The van der Waals surface area contributed by atoms with Gasteiger partial charge in [0.1, 0.15) is 5.15 Å². The Labute approximate surface area is 106 Å². The van der Waals surface area contributed by atoms with Crippen molar-refractivity contribution in [2.45, 2.75) is 13.1 Å². The van der Waals surface area contributed by atoms with E-state index >= 15 is 0 Å². The van der Waals surface area contributed by atoms with Crippen LogP contribution in [0.1, 0.15) is 11.5 Å². The quantitative estimate of drug-likeness (QED) is 0.730. The molecule has 6 heteroatoms. The van der Waals surface area contributed by atoms with Gasteiger partial charge in [-0.15, -0.1) is 0 Å². The van der Waals surface area contributed by atoms with Crippen molar-refractivity contribution in [3.63, 3.8) is 0 Å². The van der Waals surface area contributed by atoms with Gasteiger partial charge in [0.2, 0.25) is 5.82 Å². The number of hydrogen-bond acceptors (Lipinski definition) is 2. The van der Waals surface area contributed by atoms with E-state index in [1.54, 1.807) is 30.3 Å². The summed E-state index contributed by atoms with van der Waals surface area (Å²) in [7, 11) is 0. The summed E-state index contributed by atoms with van der Waals surface area (Å²) in [6, 6.07) is 8.82. The van der Waals surface area contributed by atoms with E-state index in [2.05, 4.69) is 9.97 Å². The van der Waals surface area contributed by atoms with Gasteiger partial charge in [0, 0.05) is 5.56 Å². The average molecular weight is 273 g/mol. The van der Waals surface area contributed by atoms with E-state index in [0.717, 1.165) is 0 Å². The lowest BCUT2D eigenvalue weighted by molar-refractivity contribution is -0.145. The first-order chi connectivity index (χ1) is 8.39. The van der Waals surface area contributed by atoms with E-state index in [0.29, 0.717) is 11.1 Å². The van der Waals surface area contributed by atoms with E-state index in [1.165, 1.54) is 6.92 Å². The zero-order valence-electron chi connectivity index (χ0n) is 9.29. The maximum atomic E-state index is 12.5. The number of rotatable bonds is 1. The molecule has 18 heavy (non-hydrogen) atoms. The molecule has 0 atom stereocenters. The predicted molar refractivity (Wildman–Crippen MR) is 62.2 cm³/mol. The van der Waals surface area contributed by atoms with Crippen LogP contribution in [0.5, 0.6) is 0 Å². The molecule has 0 aliphatic carbocycles. The topological polar surface area (TPSA) is 25.8 Å². The molecule has 0 N–H and O–H groups in total. The van der Waals surface area contributed by atoms with Crippen LogP contribution < -0.4 is 0 Å². The Kier molecular flexibility index (Phi) is 3.26. The highest BCUT2D eigenvalue weighted by molar-refractivity contribution is 6.32. The second-order valence-electron chi connectivity index (χ2n) is 3.66. The Balaban J connectivity index is 2.59. The molecule has 0 aliphatic rings. The third-order valence-electron chi connectivity index (χ3n) is 2.36. The molecule has 0 radical (unpaired) electrons. The number of aromatic nitrogens is 2. The van der Waals surface area contributed by atoms with Crippen LogP contribution in [0, 0.1) is 6.92 Å². The molecule has 1 heterocycles. The standard InChI is InChI=1S/C12H8ClF3N2/c1-7-9(8-5-3-2-4-6-8)10(13)18-11(17-7)12(14,15)16/h2-6H,1H3. The minimum atomic E-state index is -4.59. The van der Waals surface area contributed by atoms with Gasteiger partial charge in [-0.3, -0.25) is 0 Å². The summed E-state index contributed by atoms with van der Waals surface area (Å²) in [6.07, 6.45) is -4.59.